The fourth-order valence-electron chi connectivity index (χ4n) is 3.14. The lowest BCUT2D eigenvalue weighted by Crippen LogP contribution is -2.47. The third kappa shape index (κ3) is 3.26. The molecule has 0 aliphatic carbocycles. The Balaban J connectivity index is 1.86. The number of aryl methyl sites for hydroxylation is 2. The summed E-state index contributed by atoms with van der Waals surface area (Å²) < 4.78 is 1.79. The molecule has 1 aliphatic rings. The van der Waals surface area contributed by atoms with E-state index in [2.05, 4.69) is 32.1 Å². The van der Waals surface area contributed by atoms with Crippen molar-refractivity contribution >= 4 is 5.82 Å². The summed E-state index contributed by atoms with van der Waals surface area (Å²) in [6.45, 7) is 9.44. The molecule has 7 nitrogen and oxygen atoms in total. The molecule has 1 fully saturated rings. The minimum atomic E-state index is -0.989. The van der Waals surface area contributed by atoms with Gasteiger partial charge in [0.2, 0.25) is 0 Å². The van der Waals surface area contributed by atoms with Crippen LogP contribution >= 0.6 is 0 Å². The molecular formula is C17H26N6O. The maximum Gasteiger partial charge on any atom is 0.132 e. The topological polar surface area (TPSA) is 80.0 Å². The van der Waals surface area contributed by atoms with E-state index in [1.807, 2.05) is 33.0 Å². The van der Waals surface area contributed by atoms with Gasteiger partial charge in [0, 0.05) is 24.3 Å². The zero-order chi connectivity index (χ0) is 17.3. The molecule has 1 saturated heterocycles. The molecule has 1 atom stereocenters. The first-order valence-corrected chi connectivity index (χ1v) is 8.65. The molecule has 1 aliphatic heterocycles. The Morgan fingerprint density at radius 2 is 2.12 bits per heavy atom. The van der Waals surface area contributed by atoms with E-state index in [1.165, 1.54) is 0 Å². The van der Waals surface area contributed by atoms with Gasteiger partial charge in [-0.15, -0.1) is 5.10 Å². The van der Waals surface area contributed by atoms with Crippen LogP contribution in [-0.2, 0) is 12.0 Å². The highest BCUT2D eigenvalue weighted by atomic mass is 16.3. The van der Waals surface area contributed by atoms with Crippen LogP contribution in [0.5, 0.6) is 0 Å². The molecule has 0 amide bonds. The van der Waals surface area contributed by atoms with Gasteiger partial charge in [-0.2, -0.15) is 0 Å². The lowest BCUT2D eigenvalue weighted by Gasteiger charge is -2.38. The summed E-state index contributed by atoms with van der Waals surface area (Å²) in [7, 11) is 0. The van der Waals surface area contributed by atoms with Crippen LogP contribution in [-0.4, -0.2) is 43.2 Å². The minimum Gasteiger partial charge on any atom is -0.382 e. The van der Waals surface area contributed by atoms with Gasteiger partial charge in [0.15, 0.2) is 0 Å². The quantitative estimate of drug-likeness (QED) is 0.924. The van der Waals surface area contributed by atoms with Crippen LogP contribution in [0.4, 0.5) is 5.82 Å². The predicted octanol–water partition coefficient (Wildman–Crippen LogP) is 2.01. The second kappa shape index (κ2) is 6.47. The second-order valence-corrected chi connectivity index (χ2v) is 6.85. The van der Waals surface area contributed by atoms with E-state index in [-0.39, 0.29) is 6.04 Å². The van der Waals surface area contributed by atoms with Gasteiger partial charge in [0.1, 0.15) is 22.9 Å². The summed E-state index contributed by atoms with van der Waals surface area (Å²) in [4.78, 5) is 11.1. The van der Waals surface area contributed by atoms with Crippen molar-refractivity contribution < 1.29 is 5.11 Å². The van der Waals surface area contributed by atoms with Gasteiger partial charge in [-0.05, 0) is 40.0 Å². The summed E-state index contributed by atoms with van der Waals surface area (Å²) in [6, 6.07) is 2.25. The number of piperidine rings is 1. The molecule has 0 bridgehead atoms. The number of aliphatic hydroxyl groups is 1. The van der Waals surface area contributed by atoms with Gasteiger partial charge in [-0.3, -0.25) is 0 Å². The van der Waals surface area contributed by atoms with Gasteiger partial charge in [0.05, 0.1) is 12.7 Å². The highest BCUT2D eigenvalue weighted by Gasteiger charge is 2.38. The Hall–Kier alpha value is -2.02. The Labute approximate surface area is 142 Å². The summed E-state index contributed by atoms with van der Waals surface area (Å²) >= 11 is 0. The van der Waals surface area contributed by atoms with E-state index < -0.39 is 5.60 Å². The average molecular weight is 330 g/mol. The summed E-state index contributed by atoms with van der Waals surface area (Å²) in [5, 5.41) is 19.5. The molecule has 3 rings (SSSR count). The van der Waals surface area contributed by atoms with Crippen molar-refractivity contribution in [3.8, 4) is 0 Å². The third-order valence-corrected chi connectivity index (χ3v) is 4.55. The van der Waals surface area contributed by atoms with Crippen LogP contribution in [0.15, 0.2) is 12.3 Å². The standard InChI is InChI=1S/C17H26N6O/c1-5-14-9-16(19-13(4)18-14)22-8-6-7-17(24,11-22)15-10-23(12(2)3)21-20-15/h9-10,12,24H,5-8,11H2,1-4H3/t17-/m1/s1. The summed E-state index contributed by atoms with van der Waals surface area (Å²) in [5.74, 6) is 1.65. The predicted molar refractivity (Wildman–Crippen MR) is 91.9 cm³/mol. The molecule has 0 unspecified atom stereocenters. The molecule has 2 aromatic heterocycles. The first-order chi connectivity index (χ1) is 11.4. The van der Waals surface area contributed by atoms with Gasteiger partial charge >= 0.3 is 0 Å². The number of anilines is 1. The van der Waals surface area contributed by atoms with Crippen molar-refractivity contribution in [1.29, 1.82) is 0 Å². The van der Waals surface area contributed by atoms with Crippen molar-refractivity contribution in [3.63, 3.8) is 0 Å². The van der Waals surface area contributed by atoms with E-state index >= 15 is 0 Å². The van der Waals surface area contributed by atoms with Gasteiger partial charge in [-0.1, -0.05) is 12.1 Å². The number of β-amino-alcohol motifs (C(OH)–C–C–N with tert-alkyl or cyclic N) is 1. The van der Waals surface area contributed by atoms with Crippen molar-refractivity contribution in [1.82, 2.24) is 25.0 Å². The Morgan fingerprint density at radius 3 is 2.79 bits per heavy atom. The fourth-order valence-corrected chi connectivity index (χ4v) is 3.14. The van der Waals surface area contributed by atoms with E-state index in [9.17, 15) is 5.11 Å². The summed E-state index contributed by atoms with van der Waals surface area (Å²) in [5.41, 5.74) is 0.677. The van der Waals surface area contributed by atoms with Gasteiger partial charge in [0.25, 0.3) is 0 Å². The molecule has 0 aromatic carbocycles. The van der Waals surface area contributed by atoms with Crippen molar-refractivity contribution in [3.05, 3.63) is 29.5 Å². The van der Waals surface area contributed by atoms with E-state index in [4.69, 9.17) is 0 Å². The maximum atomic E-state index is 11.2. The SMILES string of the molecule is CCc1cc(N2CCC[C@](O)(c3cn(C(C)C)nn3)C2)nc(C)n1. The van der Waals surface area contributed by atoms with Crippen LogP contribution in [0.3, 0.4) is 0 Å². The van der Waals surface area contributed by atoms with Crippen LogP contribution in [0.2, 0.25) is 0 Å². The third-order valence-electron chi connectivity index (χ3n) is 4.55. The molecular weight excluding hydrogens is 304 g/mol. The van der Waals surface area contributed by atoms with Gasteiger partial charge < -0.3 is 10.0 Å². The van der Waals surface area contributed by atoms with Crippen molar-refractivity contribution in [2.45, 2.75) is 58.6 Å². The highest BCUT2D eigenvalue weighted by Crippen LogP contribution is 2.32. The van der Waals surface area contributed by atoms with E-state index in [0.29, 0.717) is 18.7 Å². The van der Waals surface area contributed by atoms with Crippen molar-refractivity contribution in [2.24, 2.45) is 0 Å². The zero-order valence-electron chi connectivity index (χ0n) is 14.9. The summed E-state index contributed by atoms with van der Waals surface area (Å²) in [6.07, 6.45) is 4.30. The molecule has 0 saturated carbocycles. The van der Waals surface area contributed by atoms with Crippen LogP contribution in [0.25, 0.3) is 0 Å². The number of rotatable bonds is 4. The van der Waals surface area contributed by atoms with Gasteiger partial charge in [-0.25, -0.2) is 14.6 Å². The largest absolute Gasteiger partial charge is 0.382 e. The molecule has 0 spiro atoms. The average Bonchev–Trinajstić information content (AvgIpc) is 3.05. The molecule has 0 radical (unpaired) electrons. The van der Waals surface area contributed by atoms with Crippen LogP contribution < -0.4 is 4.90 Å². The first kappa shape index (κ1) is 16.8. The molecule has 1 N–H and O–H groups in total. The lowest BCUT2D eigenvalue weighted by atomic mass is 9.90. The zero-order valence-corrected chi connectivity index (χ0v) is 14.9. The molecule has 3 heterocycles. The maximum absolute atomic E-state index is 11.2. The molecule has 2 aromatic rings. The van der Waals surface area contributed by atoms with Crippen LogP contribution in [0.1, 0.15) is 56.9 Å². The van der Waals surface area contributed by atoms with E-state index in [1.54, 1.807) is 4.68 Å². The number of hydrogen-bond acceptors (Lipinski definition) is 6. The lowest BCUT2D eigenvalue weighted by molar-refractivity contribution is 0.0174. The number of hydrogen-bond donors (Lipinski definition) is 1. The highest BCUT2D eigenvalue weighted by molar-refractivity contribution is 5.41. The first-order valence-electron chi connectivity index (χ1n) is 8.65. The van der Waals surface area contributed by atoms with Crippen LogP contribution in [0, 0.1) is 6.92 Å². The number of nitrogens with zero attached hydrogens (tertiary/aromatic N) is 6. The Bertz CT molecular complexity index is 713. The van der Waals surface area contributed by atoms with E-state index in [0.717, 1.165) is 36.7 Å². The normalized spacial score (nSPS) is 21.5. The molecule has 130 valence electrons. The molecule has 24 heavy (non-hydrogen) atoms. The second-order valence-electron chi connectivity index (χ2n) is 6.85. The smallest absolute Gasteiger partial charge is 0.132 e. The Morgan fingerprint density at radius 1 is 1.33 bits per heavy atom. The monoisotopic (exact) mass is 330 g/mol. The minimum absolute atomic E-state index is 0.228. The van der Waals surface area contributed by atoms with Crippen molar-refractivity contribution in [2.75, 3.05) is 18.0 Å². The fraction of sp³-hybridized carbons (Fsp3) is 0.647. The number of aromatic nitrogens is 5. The Kier molecular flexibility index (Phi) is 4.54. The molecule has 7 heteroatoms.